The molecule has 9 nitrogen and oxygen atoms in total. The van der Waals surface area contributed by atoms with Crippen molar-refractivity contribution in [3.63, 3.8) is 0 Å². The summed E-state index contributed by atoms with van der Waals surface area (Å²) in [6.07, 6.45) is -2.51. The minimum absolute atomic E-state index is 0.0508. The van der Waals surface area contributed by atoms with Gasteiger partial charge in [-0.15, -0.1) is 5.10 Å². The van der Waals surface area contributed by atoms with Gasteiger partial charge in [-0.2, -0.15) is 18.2 Å². The number of halogens is 3. The third-order valence-electron chi connectivity index (χ3n) is 3.02. The van der Waals surface area contributed by atoms with Gasteiger partial charge in [0.25, 0.3) is 0 Å². The summed E-state index contributed by atoms with van der Waals surface area (Å²) in [5.74, 6) is -0.0613. The second-order valence-corrected chi connectivity index (χ2v) is 6.09. The molecule has 3 N–H and O–H groups in total. The second-order valence-electron chi connectivity index (χ2n) is 4.65. The number of alkyl halides is 3. The molecule has 1 unspecified atom stereocenters. The lowest BCUT2D eigenvalue weighted by Crippen LogP contribution is -2.35. The van der Waals surface area contributed by atoms with E-state index in [1.54, 1.807) is 13.8 Å². The molecular formula is C12H16F3N7O2S. The largest absolute Gasteiger partial charge is 0.595 e. The zero-order chi connectivity index (χ0) is 18.6. The van der Waals surface area contributed by atoms with Crippen LogP contribution in [-0.4, -0.2) is 37.3 Å². The summed E-state index contributed by atoms with van der Waals surface area (Å²) in [5, 5.41) is 9.04. The fourth-order valence-corrected chi connectivity index (χ4v) is 1.98. The van der Waals surface area contributed by atoms with Crippen molar-refractivity contribution in [1.82, 2.24) is 24.8 Å². The Morgan fingerprint density at radius 2 is 2.08 bits per heavy atom. The van der Waals surface area contributed by atoms with Gasteiger partial charge in [-0.25, -0.2) is 4.98 Å². The molecule has 0 saturated heterocycles. The van der Waals surface area contributed by atoms with Gasteiger partial charge in [-0.1, -0.05) is 4.85 Å². The van der Waals surface area contributed by atoms with E-state index in [-0.39, 0.29) is 11.8 Å². The highest BCUT2D eigenvalue weighted by Crippen LogP contribution is 2.33. The summed E-state index contributed by atoms with van der Waals surface area (Å²) in [4.78, 5) is 15.8. The molecule has 2 aromatic heterocycles. The molecule has 0 fully saturated rings. The van der Waals surface area contributed by atoms with Crippen LogP contribution in [0.5, 0.6) is 0 Å². The van der Waals surface area contributed by atoms with E-state index in [2.05, 4.69) is 30.6 Å². The molecule has 0 aliphatic heterocycles. The Morgan fingerprint density at radius 3 is 2.68 bits per heavy atom. The van der Waals surface area contributed by atoms with Crippen molar-refractivity contribution >= 4 is 28.8 Å². The Kier molecular flexibility index (Phi) is 5.92. The molecule has 2 heterocycles. The van der Waals surface area contributed by atoms with Crippen molar-refractivity contribution in [3.05, 3.63) is 23.7 Å². The molecule has 0 radical (unpaired) electrons. The van der Waals surface area contributed by atoms with E-state index in [1.807, 2.05) is 0 Å². The van der Waals surface area contributed by atoms with Crippen molar-refractivity contribution in [2.75, 3.05) is 23.4 Å². The van der Waals surface area contributed by atoms with E-state index in [0.717, 1.165) is 4.85 Å². The van der Waals surface area contributed by atoms with Crippen LogP contribution >= 0.6 is 0 Å². The molecule has 0 bridgehead atoms. The minimum atomic E-state index is -4.56. The van der Waals surface area contributed by atoms with Crippen LogP contribution < -0.4 is 20.5 Å². The molecular weight excluding hydrogens is 363 g/mol. The molecule has 0 saturated carbocycles. The van der Waals surface area contributed by atoms with Crippen molar-refractivity contribution in [2.24, 2.45) is 0 Å². The maximum absolute atomic E-state index is 12.8. The molecule has 0 spiro atoms. The van der Waals surface area contributed by atoms with E-state index in [1.165, 1.54) is 13.2 Å². The van der Waals surface area contributed by atoms with Gasteiger partial charge in [0.05, 0.1) is 28.1 Å². The van der Waals surface area contributed by atoms with Crippen LogP contribution in [0.1, 0.15) is 18.2 Å². The molecule has 2 rings (SSSR count). The van der Waals surface area contributed by atoms with Crippen molar-refractivity contribution in [1.29, 1.82) is 0 Å². The normalized spacial score (nSPS) is 12.8. The number of anilines is 3. The standard InChI is InChI=1S/C12H16F3N7O2S/c1-4-25(23)21-24-22-7(2)9(6-18-22)19-11-17-5-8(12(13,14)15)10(16-3)20-11/h5-6,21H,4H2,1-3H3,(H2,16,17,19,20). The SMILES string of the molecule is CC[S+]([O-])NOn1ncc(Nc2ncc(C(F)(F)F)c(NC)n2)c1C. The van der Waals surface area contributed by atoms with Crippen molar-refractivity contribution < 1.29 is 22.7 Å². The topological polar surface area (TPSA) is 112 Å². The van der Waals surface area contributed by atoms with Crippen LogP contribution in [0.4, 0.5) is 30.6 Å². The predicted molar refractivity (Wildman–Crippen MR) is 85.2 cm³/mol. The van der Waals surface area contributed by atoms with E-state index >= 15 is 0 Å². The zero-order valence-corrected chi connectivity index (χ0v) is 14.3. The van der Waals surface area contributed by atoms with E-state index in [0.29, 0.717) is 23.3 Å². The summed E-state index contributed by atoms with van der Waals surface area (Å²) in [6, 6.07) is 0. The molecule has 2 aromatic rings. The Labute approximate surface area is 144 Å². The summed E-state index contributed by atoms with van der Waals surface area (Å²) >= 11 is -1.37. The van der Waals surface area contributed by atoms with Crippen LogP contribution in [0, 0.1) is 6.92 Å². The van der Waals surface area contributed by atoms with Gasteiger partial charge >= 0.3 is 6.18 Å². The fraction of sp³-hybridized carbons (Fsp3) is 0.417. The number of hydrogen-bond acceptors (Lipinski definition) is 8. The third-order valence-corrected chi connectivity index (χ3v) is 3.81. The second kappa shape index (κ2) is 7.76. The number of nitrogens with one attached hydrogen (secondary N) is 3. The Balaban J connectivity index is 2.16. The molecule has 0 aliphatic rings. The third kappa shape index (κ3) is 4.64. The minimum Gasteiger partial charge on any atom is -0.595 e. The van der Waals surface area contributed by atoms with Gasteiger partial charge in [0, 0.05) is 13.2 Å². The number of rotatable bonds is 7. The maximum Gasteiger partial charge on any atom is 0.421 e. The number of hydrogen-bond donors (Lipinski definition) is 3. The quantitative estimate of drug-likeness (QED) is 0.489. The molecule has 1 atom stereocenters. The first-order valence-corrected chi connectivity index (χ1v) is 8.33. The Morgan fingerprint density at radius 1 is 1.36 bits per heavy atom. The average molecular weight is 379 g/mol. The molecule has 0 amide bonds. The van der Waals surface area contributed by atoms with E-state index in [9.17, 15) is 17.7 Å². The highest BCUT2D eigenvalue weighted by Gasteiger charge is 2.35. The maximum atomic E-state index is 12.8. The summed E-state index contributed by atoms with van der Waals surface area (Å²) in [7, 11) is 1.33. The van der Waals surface area contributed by atoms with E-state index < -0.39 is 23.1 Å². The van der Waals surface area contributed by atoms with Crippen molar-refractivity contribution in [2.45, 2.75) is 20.0 Å². The number of aromatic nitrogens is 4. The molecule has 0 aliphatic carbocycles. The zero-order valence-electron chi connectivity index (χ0n) is 13.5. The Hall–Kier alpha value is -2.25. The van der Waals surface area contributed by atoms with Crippen LogP contribution in [0.15, 0.2) is 12.4 Å². The molecule has 138 valence electrons. The van der Waals surface area contributed by atoms with Crippen LogP contribution in [0.3, 0.4) is 0 Å². The lowest BCUT2D eigenvalue weighted by Gasteiger charge is -2.12. The van der Waals surface area contributed by atoms with Crippen LogP contribution in [-0.2, 0) is 17.5 Å². The van der Waals surface area contributed by atoms with Gasteiger partial charge in [0.2, 0.25) is 5.95 Å². The molecule has 0 aromatic carbocycles. The van der Waals surface area contributed by atoms with Crippen LogP contribution in [0.25, 0.3) is 0 Å². The summed E-state index contributed by atoms with van der Waals surface area (Å²) in [5.41, 5.74) is -0.0939. The Bertz CT molecular complexity index is 725. The smallest absolute Gasteiger partial charge is 0.421 e. The van der Waals surface area contributed by atoms with Gasteiger partial charge in [0.1, 0.15) is 22.8 Å². The van der Waals surface area contributed by atoms with Gasteiger partial charge in [-0.3, -0.25) is 4.94 Å². The summed E-state index contributed by atoms with van der Waals surface area (Å²) in [6.45, 7) is 3.34. The molecule has 13 heteroatoms. The first-order chi connectivity index (χ1) is 11.8. The van der Waals surface area contributed by atoms with Gasteiger partial charge in [0.15, 0.2) is 0 Å². The highest BCUT2D eigenvalue weighted by atomic mass is 32.2. The molecule has 25 heavy (non-hydrogen) atoms. The van der Waals surface area contributed by atoms with E-state index in [4.69, 9.17) is 4.94 Å². The van der Waals surface area contributed by atoms with Gasteiger partial charge < -0.3 is 15.2 Å². The first-order valence-electron chi connectivity index (χ1n) is 7.01. The first kappa shape index (κ1) is 19.1. The van der Waals surface area contributed by atoms with Crippen molar-refractivity contribution in [3.8, 4) is 0 Å². The summed E-state index contributed by atoms with van der Waals surface area (Å²) < 4.78 is 49.8. The predicted octanol–water partition coefficient (Wildman–Crippen LogP) is 1.40. The lowest BCUT2D eigenvalue weighted by molar-refractivity contribution is -0.137. The van der Waals surface area contributed by atoms with Crippen LogP contribution in [0.2, 0.25) is 0 Å². The average Bonchev–Trinajstić information content (AvgIpc) is 2.91. The number of nitrogens with zero attached hydrogens (tertiary/aromatic N) is 4. The highest BCUT2D eigenvalue weighted by molar-refractivity contribution is 7.89. The lowest BCUT2D eigenvalue weighted by atomic mass is 10.3. The monoisotopic (exact) mass is 379 g/mol. The van der Waals surface area contributed by atoms with Gasteiger partial charge in [-0.05, 0) is 13.8 Å². The fourth-order valence-electron chi connectivity index (χ4n) is 1.70.